The fourth-order valence-corrected chi connectivity index (χ4v) is 3.22. The minimum atomic E-state index is -3.67. The number of benzene rings is 1. The third kappa shape index (κ3) is 8.59. The molecule has 0 bridgehead atoms. The van der Waals surface area contributed by atoms with Crippen molar-refractivity contribution < 1.29 is 12.8 Å². The van der Waals surface area contributed by atoms with Crippen LogP contribution in [0.2, 0.25) is 0 Å². The Hall–Kier alpha value is -0.550. The molecule has 144 valence electrons. The first-order valence-electron chi connectivity index (χ1n) is 7.76. The third-order valence-corrected chi connectivity index (χ3v) is 6.33. The average molecular weight is 503 g/mol. The second-order valence-corrected chi connectivity index (χ2v) is 9.43. The highest BCUT2D eigenvalue weighted by atomic mass is 127. The number of thioether (sulfide) groups is 1. The standard InChI is InChI=1S/C16H26FN3O2S2.HI/c1-5-18-15(20-12-16(2,3)23-4)19-10-11-24(21,22)14-9-7-6-8-13(14)17;/h6-9H,5,10-12H2,1-4H3,(H2,18,19,20);1H. The summed E-state index contributed by atoms with van der Waals surface area (Å²) >= 11 is 1.71. The summed E-state index contributed by atoms with van der Waals surface area (Å²) in [5.41, 5.74) is 0. The van der Waals surface area contributed by atoms with Crippen LogP contribution in [0.5, 0.6) is 0 Å². The molecule has 0 saturated carbocycles. The van der Waals surface area contributed by atoms with Crippen LogP contribution in [0.4, 0.5) is 4.39 Å². The highest BCUT2D eigenvalue weighted by Crippen LogP contribution is 2.21. The molecule has 2 N–H and O–H groups in total. The normalized spacial score (nSPS) is 12.4. The van der Waals surface area contributed by atoms with Crippen molar-refractivity contribution in [3.8, 4) is 0 Å². The predicted octanol–water partition coefficient (Wildman–Crippen LogP) is 2.91. The Morgan fingerprint density at radius 1 is 1.28 bits per heavy atom. The van der Waals surface area contributed by atoms with Crippen molar-refractivity contribution in [3.63, 3.8) is 0 Å². The van der Waals surface area contributed by atoms with Crippen molar-refractivity contribution in [2.75, 3.05) is 31.6 Å². The van der Waals surface area contributed by atoms with Gasteiger partial charge in [0.2, 0.25) is 0 Å². The predicted molar refractivity (Wildman–Crippen MR) is 115 cm³/mol. The lowest BCUT2D eigenvalue weighted by Crippen LogP contribution is -2.40. The van der Waals surface area contributed by atoms with Gasteiger partial charge in [0.25, 0.3) is 0 Å². The van der Waals surface area contributed by atoms with Crippen molar-refractivity contribution in [1.29, 1.82) is 0 Å². The molecule has 1 aromatic carbocycles. The lowest BCUT2D eigenvalue weighted by Gasteiger charge is -2.20. The lowest BCUT2D eigenvalue weighted by molar-refractivity contribution is 0.566. The summed E-state index contributed by atoms with van der Waals surface area (Å²) < 4.78 is 38.1. The van der Waals surface area contributed by atoms with E-state index in [0.717, 1.165) is 6.07 Å². The summed E-state index contributed by atoms with van der Waals surface area (Å²) in [5, 5.41) is 6.07. The van der Waals surface area contributed by atoms with Gasteiger partial charge in [-0.1, -0.05) is 12.1 Å². The summed E-state index contributed by atoms with van der Waals surface area (Å²) in [6, 6.07) is 5.41. The molecule has 0 aliphatic carbocycles. The van der Waals surface area contributed by atoms with Crippen LogP contribution in [0.25, 0.3) is 0 Å². The molecular weight excluding hydrogens is 476 g/mol. The summed E-state index contributed by atoms with van der Waals surface area (Å²) in [6.07, 6.45) is 2.02. The summed E-state index contributed by atoms with van der Waals surface area (Å²) in [7, 11) is -3.67. The Balaban J connectivity index is 0.00000576. The van der Waals surface area contributed by atoms with E-state index in [2.05, 4.69) is 29.5 Å². The smallest absolute Gasteiger partial charge is 0.191 e. The Kier molecular flexibility index (Phi) is 11.0. The molecule has 0 spiro atoms. The first-order chi connectivity index (χ1) is 11.2. The highest BCUT2D eigenvalue weighted by molar-refractivity contribution is 14.0. The van der Waals surface area contributed by atoms with Gasteiger partial charge in [0, 0.05) is 17.8 Å². The largest absolute Gasteiger partial charge is 0.357 e. The van der Waals surface area contributed by atoms with Gasteiger partial charge >= 0.3 is 0 Å². The van der Waals surface area contributed by atoms with Crippen molar-refractivity contribution in [2.45, 2.75) is 30.4 Å². The van der Waals surface area contributed by atoms with E-state index in [-0.39, 0.29) is 45.9 Å². The molecule has 0 aromatic heterocycles. The summed E-state index contributed by atoms with van der Waals surface area (Å²) in [6.45, 7) is 7.55. The second-order valence-electron chi connectivity index (χ2n) is 5.84. The first-order valence-corrected chi connectivity index (χ1v) is 10.6. The van der Waals surface area contributed by atoms with Crippen molar-refractivity contribution in [1.82, 2.24) is 10.6 Å². The molecule has 0 saturated heterocycles. The van der Waals surface area contributed by atoms with Gasteiger partial charge < -0.3 is 10.6 Å². The SMILES string of the molecule is CCNC(=NCC(C)(C)SC)NCCS(=O)(=O)c1ccccc1F.I. The molecule has 0 aliphatic rings. The fourth-order valence-electron chi connectivity index (χ4n) is 1.79. The number of halogens is 2. The van der Waals surface area contributed by atoms with Crippen LogP contribution in [0.3, 0.4) is 0 Å². The van der Waals surface area contributed by atoms with Gasteiger partial charge in [-0.25, -0.2) is 12.8 Å². The Morgan fingerprint density at radius 2 is 1.92 bits per heavy atom. The number of hydrogen-bond donors (Lipinski definition) is 2. The minimum absolute atomic E-state index is 0. The van der Waals surface area contributed by atoms with Gasteiger partial charge in [-0.3, -0.25) is 4.99 Å². The van der Waals surface area contributed by atoms with Gasteiger partial charge in [-0.05, 0) is 39.2 Å². The van der Waals surface area contributed by atoms with E-state index in [1.807, 2.05) is 13.2 Å². The molecule has 0 fully saturated rings. The molecule has 0 heterocycles. The van der Waals surface area contributed by atoms with E-state index in [1.165, 1.54) is 18.2 Å². The average Bonchev–Trinajstić information content (AvgIpc) is 2.53. The van der Waals surface area contributed by atoms with Crippen LogP contribution >= 0.6 is 35.7 Å². The molecule has 0 radical (unpaired) electrons. The Bertz CT molecular complexity index is 667. The van der Waals surface area contributed by atoms with Crippen molar-refractivity contribution in [3.05, 3.63) is 30.1 Å². The van der Waals surface area contributed by atoms with E-state index < -0.39 is 15.7 Å². The maximum atomic E-state index is 13.6. The summed E-state index contributed by atoms with van der Waals surface area (Å²) in [4.78, 5) is 4.20. The van der Waals surface area contributed by atoms with Crippen LogP contribution in [0.15, 0.2) is 34.2 Å². The van der Waals surface area contributed by atoms with Crippen LogP contribution in [0.1, 0.15) is 20.8 Å². The minimum Gasteiger partial charge on any atom is -0.357 e. The van der Waals surface area contributed by atoms with Gasteiger partial charge in [0.15, 0.2) is 15.8 Å². The maximum absolute atomic E-state index is 13.6. The van der Waals surface area contributed by atoms with Gasteiger partial charge in [0.1, 0.15) is 10.7 Å². The zero-order chi connectivity index (χ0) is 18.2. The maximum Gasteiger partial charge on any atom is 0.191 e. The number of aliphatic imine (C=N–C) groups is 1. The highest BCUT2D eigenvalue weighted by Gasteiger charge is 2.19. The zero-order valence-electron chi connectivity index (χ0n) is 15.0. The van der Waals surface area contributed by atoms with E-state index in [0.29, 0.717) is 19.0 Å². The fraction of sp³-hybridized carbons (Fsp3) is 0.562. The van der Waals surface area contributed by atoms with Crippen LogP contribution < -0.4 is 10.6 Å². The number of nitrogens with zero attached hydrogens (tertiary/aromatic N) is 1. The number of guanidine groups is 1. The topological polar surface area (TPSA) is 70.6 Å². The second kappa shape index (κ2) is 11.2. The monoisotopic (exact) mass is 503 g/mol. The van der Waals surface area contributed by atoms with Crippen LogP contribution in [-0.4, -0.2) is 50.8 Å². The zero-order valence-corrected chi connectivity index (χ0v) is 19.0. The van der Waals surface area contributed by atoms with E-state index >= 15 is 0 Å². The molecule has 0 aliphatic heterocycles. The van der Waals surface area contributed by atoms with E-state index in [1.54, 1.807) is 11.8 Å². The van der Waals surface area contributed by atoms with Gasteiger partial charge in [0.05, 0.1) is 12.3 Å². The first kappa shape index (κ1) is 24.5. The lowest BCUT2D eigenvalue weighted by atomic mass is 10.2. The Labute approximate surface area is 171 Å². The molecule has 1 aromatic rings. The van der Waals surface area contributed by atoms with Crippen molar-refractivity contribution >= 4 is 51.5 Å². The van der Waals surface area contributed by atoms with E-state index in [4.69, 9.17) is 0 Å². The van der Waals surface area contributed by atoms with Crippen LogP contribution in [-0.2, 0) is 9.84 Å². The van der Waals surface area contributed by atoms with Gasteiger partial charge in [-0.15, -0.1) is 24.0 Å². The molecule has 1 rings (SSSR count). The van der Waals surface area contributed by atoms with Crippen molar-refractivity contribution in [2.24, 2.45) is 4.99 Å². The number of rotatable bonds is 8. The molecule has 9 heteroatoms. The molecule has 0 amide bonds. The quantitative estimate of drug-likeness (QED) is 0.325. The molecular formula is C16H27FIN3O2S2. The number of hydrogen-bond acceptors (Lipinski definition) is 4. The molecule has 5 nitrogen and oxygen atoms in total. The Morgan fingerprint density at radius 3 is 2.48 bits per heavy atom. The van der Waals surface area contributed by atoms with E-state index in [9.17, 15) is 12.8 Å². The molecule has 0 atom stereocenters. The summed E-state index contributed by atoms with van der Waals surface area (Å²) in [5.74, 6) is -0.368. The number of nitrogens with one attached hydrogen (secondary N) is 2. The van der Waals surface area contributed by atoms with Gasteiger partial charge in [-0.2, -0.15) is 11.8 Å². The molecule has 0 unspecified atom stereocenters. The number of sulfone groups is 1. The van der Waals surface area contributed by atoms with Crippen LogP contribution in [0, 0.1) is 5.82 Å². The third-order valence-electron chi connectivity index (χ3n) is 3.35. The molecule has 25 heavy (non-hydrogen) atoms.